The first-order chi connectivity index (χ1) is 17.4. The highest BCUT2D eigenvalue weighted by molar-refractivity contribution is 6.30. The van der Waals surface area contributed by atoms with Crippen molar-refractivity contribution in [2.45, 2.75) is 40.2 Å². The van der Waals surface area contributed by atoms with Crippen LogP contribution >= 0.6 is 11.6 Å². The summed E-state index contributed by atoms with van der Waals surface area (Å²) in [6, 6.07) is 14.3. The molecule has 0 unspecified atom stereocenters. The van der Waals surface area contributed by atoms with Crippen LogP contribution in [0.4, 0.5) is 5.69 Å². The first kappa shape index (κ1) is 24.8. The van der Waals surface area contributed by atoms with E-state index < -0.39 is 0 Å². The predicted octanol–water partition coefficient (Wildman–Crippen LogP) is 5.48. The molecule has 190 valence electrons. The zero-order valence-electron chi connectivity index (χ0n) is 21.5. The Labute approximate surface area is 218 Å². The van der Waals surface area contributed by atoms with Crippen molar-refractivity contribution < 1.29 is 9.21 Å². The number of oxazole rings is 1. The molecule has 2 aromatic carbocycles. The average Bonchev–Trinajstić information content (AvgIpc) is 3.25. The number of nitrogens with zero attached hydrogens (tertiary/aromatic N) is 4. The van der Waals surface area contributed by atoms with Gasteiger partial charge < -0.3 is 14.2 Å². The molecular formula is C29H35ClN4O2. The monoisotopic (exact) mass is 506 g/mol. The summed E-state index contributed by atoms with van der Waals surface area (Å²) in [5.41, 5.74) is 5.54. The first-order valence-corrected chi connectivity index (χ1v) is 13.3. The Morgan fingerprint density at radius 2 is 1.86 bits per heavy atom. The van der Waals surface area contributed by atoms with Crippen molar-refractivity contribution in [1.29, 1.82) is 0 Å². The highest BCUT2D eigenvalue weighted by atomic mass is 35.5. The van der Waals surface area contributed by atoms with Gasteiger partial charge in [0.15, 0.2) is 0 Å². The molecule has 0 spiro atoms. The summed E-state index contributed by atoms with van der Waals surface area (Å²) >= 11 is 6.23. The largest absolute Gasteiger partial charge is 0.441 e. The summed E-state index contributed by atoms with van der Waals surface area (Å²) in [6.07, 6.45) is 1.98. The van der Waals surface area contributed by atoms with E-state index in [1.165, 1.54) is 16.8 Å². The lowest BCUT2D eigenvalue weighted by Crippen LogP contribution is -2.52. The van der Waals surface area contributed by atoms with E-state index in [4.69, 9.17) is 21.0 Å². The van der Waals surface area contributed by atoms with Gasteiger partial charge >= 0.3 is 0 Å². The van der Waals surface area contributed by atoms with Crippen LogP contribution in [0.1, 0.15) is 35.4 Å². The van der Waals surface area contributed by atoms with Gasteiger partial charge in [0.05, 0.1) is 11.6 Å². The molecule has 0 bridgehead atoms. The number of rotatable bonds is 5. The molecule has 1 atom stereocenters. The zero-order valence-corrected chi connectivity index (χ0v) is 22.2. The summed E-state index contributed by atoms with van der Waals surface area (Å²) in [5, 5.41) is 0.754. The number of piperidine rings is 1. The van der Waals surface area contributed by atoms with Crippen LogP contribution in [-0.4, -0.2) is 60.0 Å². The Bertz CT molecular complexity index is 1230. The van der Waals surface area contributed by atoms with E-state index in [9.17, 15) is 4.79 Å². The molecule has 0 saturated carbocycles. The van der Waals surface area contributed by atoms with Crippen molar-refractivity contribution in [3.63, 3.8) is 0 Å². The maximum absolute atomic E-state index is 13.4. The van der Waals surface area contributed by atoms with E-state index >= 15 is 0 Å². The van der Waals surface area contributed by atoms with E-state index in [1.807, 2.05) is 31.2 Å². The van der Waals surface area contributed by atoms with Crippen molar-refractivity contribution in [3.05, 3.63) is 70.1 Å². The average molecular weight is 507 g/mol. The van der Waals surface area contributed by atoms with Gasteiger partial charge in [0.25, 0.3) is 0 Å². The van der Waals surface area contributed by atoms with Crippen LogP contribution in [-0.2, 0) is 11.3 Å². The van der Waals surface area contributed by atoms with Gasteiger partial charge in [-0.2, -0.15) is 0 Å². The van der Waals surface area contributed by atoms with E-state index in [0.717, 1.165) is 74.2 Å². The molecule has 5 rings (SSSR count). The molecule has 7 heteroatoms. The van der Waals surface area contributed by atoms with Crippen LogP contribution in [0.15, 0.2) is 46.9 Å². The minimum Gasteiger partial charge on any atom is -0.441 e. The number of aryl methyl sites for hydroxylation is 3. The van der Waals surface area contributed by atoms with Crippen molar-refractivity contribution in [2.24, 2.45) is 5.92 Å². The second-order valence-corrected chi connectivity index (χ2v) is 10.6. The van der Waals surface area contributed by atoms with Gasteiger partial charge in [-0.1, -0.05) is 35.4 Å². The third kappa shape index (κ3) is 5.45. The number of hydrogen-bond donors (Lipinski definition) is 0. The number of halogens is 1. The molecule has 6 nitrogen and oxygen atoms in total. The molecule has 0 N–H and O–H groups in total. The van der Waals surface area contributed by atoms with Crippen LogP contribution in [0, 0.1) is 26.7 Å². The molecule has 1 amide bonds. The number of hydrogen-bond acceptors (Lipinski definition) is 5. The Morgan fingerprint density at radius 1 is 1.06 bits per heavy atom. The van der Waals surface area contributed by atoms with Crippen molar-refractivity contribution in [3.8, 4) is 11.5 Å². The number of aromatic nitrogens is 1. The van der Waals surface area contributed by atoms with E-state index in [1.54, 1.807) is 0 Å². The fourth-order valence-corrected chi connectivity index (χ4v) is 5.60. The van der Waals surface area contributed by atoms with E-state index in [-0.39, 0.29) is 5.92 Å². The van der Waals surface area contributed by atoms with Crippen LogP contribution in [0.2, 0.25) is 5.02 Å². The molecule has 0 radical (unpaired) electrons. The van der Waals surface area contributed by atoms with Crippen molar-refractivity contribution in [1.82, 2.24) is 14.8 Å². The topological polar surface area (TPSA) is 52.8 Å². The molecule has 2 aliphatic rings. The number of carbonyl (C=O) groups is 1. The van der Waals surface area contributed by atoms with Crippen molar-refractivity contribution in [2.75, 3.05) is 44.2 Å². The molecule has 2 saturated heterocycles. The summed E-state index contributed by atoms with van der Waals surface area (Å²) < 4.78 is 6.00. The standard InChI is InChI=1S/C29H35ClN4O2/c1-20-6-4-7-23(16-20)28-31-26(22(3)36-28)19-32-11-5-8-24(18-32)29(35)34-14-12-33(13-15-34)27-17-25(30)10-9-21(27)2/h4,6-7,9-10,16-17,24H,5,8,11-15,18-19H2,1-3H3/t24-/m0/s1. The molecule has 0 aliphatic carbocycles. The Balaban J connectivity index is 1.18. The molecule has 3 heterocycles. The van der Waals surface area contributed by atoms with Gasteiger partial charge in [-0.05, 0) is 70.0 Å². The third-order valence-electron chi connectivity index (χ3n) is 7.49. The summed E-state index contributed by atoms with van der Waals surface area (Å²) in [4.78, 5) is 25.0. The van der Waals surface area contributed by atoms with Gasteiger partial charge in [-0.3, -0.25) is 9.69 Å². The number of amides is 1. The summed E-state index contributed by atoms with van der Waals surface area (Å²) in [5.74, 6) is 1.86. The van der Waals surface area contributed by atoms with Gasteiger partial charge in [0.2, 0.25) is 11.8 Å². The fourth-order valence-electron chi connectivity index (χ4n) is 5.44. The Morgan fingerprint density at radius 3 is 2.64 bits per heavy atom. The number of piperazine rings is 1. The Kier molecular flexibility index (Phi) is 7.35. The second-order valence-electron chi connectivity index (χ2n) is 10.2. The lowest BCUT2D eigenvalue weighted by molar-refractivity contribution is -0.137. The predicted molar refractivity (Wildman–Crippen MR) is 144 cm³/mol. The molecule has 1 aromatic heterocycles. The summed E-state index contributed by atoms with van der Waals surface area (Å²) in [7, 11) is 0. The third-order valence-corrected chi connectivity index (χ3v) is 7.72. The smallest absolute Gasteiger partial charge is 0.227 e. The fraction of sp³-hybridized carbons (Fsp3) is 0.448. The lowest BCUT2D eigenvalue weighted by atomic mass is 9.96. The highest BCUT2D eigenvalue weighted by Crippen LogP contribution is 2.28. The van der Waals surface area contributed by atoms with Crippen LogP contribution < -0.4 is 4.90 Å². The molecule has 2 fully saturated rings. The normalized spacial score (nSPS) is 19.1. The van der Waals surface area contributed by atoms with Gasteiger partial charge in [-0.25, -0.2) is 4.98 Å². The molecule has 3 aromatic rings. The maximum atomic E-state index is 13.4. The number of anilines is 1. The minimum atomic E-state index is 0.0432. The molecular weight excluding hydrogens is 472 g/mol. The molecule has 36 heavy (non-hydrogen) atoms. The minimum absolute atomic E-state index is 0.0432. The van der Waals surface area contributed by atoms with Crippen molar-refractivity contribution >= 4 is 23.2 Å². The van der Waals surface area contributed by atoms with Crippen LogP contribution in [0.5, 0.6) is 0 Å². The highest BCUT2D eigenvalue weighted by Gasteiger charge is 2.32. The van der Waals surface area contributed by atoms with E-state index in [0.29, 0.717) is 18.3 Å². The van der Waals surface area contributed by atoms with Gasteiger partial charge in [-0.15, -0.1) is 0 Å². The van der Waals surface area contributed by atoms with Gasteiger partial charge in [0, 0.05) is 55.5 Å². The number of benzene rings is 2. The number of likely N-dealkylation sites (tertiary alicyclic amines) is 1. The lowest BCUT2D eigenvalue weighted by Gasteiger charge is -2.40. The number of carbonyl (C=O) groups excluding carboxylic acids is 1. The zero-order chi connectivity index (χ0) is 25.2. The SMILES string of the molecule is Cc1cccc(-c2nc(CN3CCC[C@H](C(=O)N4CCN(c5cc(Cl)ccc5C)CC4)C3)c(C)o2)c1. The van der Waals surface area contributed by atoms with Crippen LogP contribution in [0.25, 0.3) is 11.5 Å². The first-order valence-electron chi connectivity index (χ1n) is 12.9. The summed E-state index contributed by atoms with van der Waals surface area (Å²) in [6.45, 7) is 11.8. The molecule has 2 aliphatic heterocycles. The van der Waals surface area contributed by atoms with E-state index in [2.05, 4.69) is 46.7 Å². The second kappa shape index (κ2) is 10.7. The van der Waals surface area contributed by atoms with Crippen LogP contribution in [0.3, 0.4) is 0 Å². The maximum Gasteiger partial charge on any atom is 0.227 e. The van der Waals surface area contributed by atoms with Gasteiger partial charge in [0.1, 0.15) is 5.76 Å². The Hall–Kier alpha value is -2.83. The quantitative estimate of drug-likeness (QED) is 0.458.